The van der Waals surface area contributed by atoms with Crippen molar-refractivity contribution in [1.29, 1.82) is 0 Å². The number of benzene rings is 1. The molecule has 0 aliphatic heterocycles. The number of rotatable bonds is 4. The number of hydrogen-bond acceptors (Lipinski definition) is 4. The number of methoxy groups -OCH3 is 1. The highest BCUT2D eigenvalue weighted by Gasteiger charge is 2.04. The van der Waals surface area contributed by atoms with E-state index >= 15 is 0 Å². The molecule has 21 heavy (non-hydrogen) atoms. The maximum Gasteiger partial charge on any atom is 0.272 e. The number of hydrogen-bond donors (Lipinski definition) is 1. The zero-order chi connectivity index (χ0) is 15.2. The molecular formula is C15H14BrN3O2. The van der Waals surface area contributed by atoms with E-state index < -0.39 is 0 Å². The van der Waals surface area contributed by atoms with E-state index in [0.29, 0.717) is 11.3 Å². The van der Waals surface area contributed by atoms with Crippen LogP contribution in [0.25, 0.3) is 0 Å². The number of aryl methyl sites for hydroxylation is 1. The van der Waals surface area contributed by atoms with Gasteiger partial charge in [0.15, 0.2) is 0 Å². The highest BCUT2D eigenvalue weighted by Crippen LogP contribution is 2.21. The standard InChI is InChI=1S/C15H14BrN3O2/c1-10-3-4-11(8-17-10)15(20)19-18-9-12-7-13(16)5-6-14(12)21-2/h3-9H,1-2H3,(H,19,20)/b18-9+. The number of carbonyl (C=O) groups is 1. The molecule has 2 aromatic rings. The summed E-state index contributed by atoms with van der Waals surface area (Å²) in [7, 11) is 1.58. The van der Waals surface area contributed by atoms with Crippen LogP contribution in [-0.2, 0) is 0 Å². The van der Waals surface area contributed by atoms with Gasteiger partial charge in [0.25, 0.3) is 5.91 Å². The van der Waals surface area contributed by atoms with Gasteiger partial charge in [-0.1, -0.05) is 15.9 Å². The fraction of sp³-hybridized carbons (Fsp3) is 0.133. The molecule has 5 nitrogen and oxygen atoms in total. The molecule has 6 heteroatoms. The fourth-order valence-electron chi connectivity index (χ4n) is 1.63. The Labute approximate surface area is 131 Å². The minimum Gasteiger partial charge on any atom is -0.496 e. The Kier molecular flexibility index (Phi) is 5.05. The number of aromatic nitrogens is 1. The average Bonchev–Trinajstić information content (AvgIpc) is 2.48. The van der Waals surface area contributed by atoms with Crippen molar-refractivity contribution in [2.45, 2.75) is 6.92 Å². The van der Waals surface area contributed by atoms with Gasteiger partial charge in [0.2, 0.25) is 0 Å². The Morgan fingerprint density at radius 2 is 2.19 bits per heavy atom. The maximum atomic E-state index is 11.9. The van der Waals surface area contributed by atoms with E-state index in [1.807, 2.05) is 25.1 Å². The van der Waals surface area contributed by atoms with Crippen molar-refractivity contribution >= 4 is 28.1 Å². The summed E-state index contributed by atoms with van der Waals surface area (Å²) in [5, 5.41) is 3.94. The molecule has 0 atom stereocenters. The number of hydrazone groups is 1. The molecule has 1 heterocycles. The third-order valence-electron chi connectivity index (χ3n) is 2.74. The molecule has 0 bridgehead atoms. The second-order valence-corrected chi connectivity index (χ2v) is 5.19. The first-order valence-corrected chi connectivity index (χ1v) is 6.99. The van der Waals surface area contributed by atoms with Gasteiger partial charge in [-0.3, -0.25) is 9.78 Å². The molecule has 0 fully saturated rings. The molecule has 1 N–H and O–H groups in total. The predicted octanol–water partition coefficient (Wildman–Crippen LogP) is 2.93. The first-order valence-electron chi connectivity index (χ1n) is 6.20. The lowest BCUT2D eigenvalue weighted by Crippen LogP contribution is -2.17. The summed E-state index contributed by atoms with van der Waals surface area (Å²) in [5.41, 5.74) is 4.53. The first-order chi connectivity index (χ1) is 10.1. The molecule has 0 saturated heterocycles. The zero-order valence-corrected chi connectivity index (χ0v) is 13.2. The summed E-state index contributed by atoms with van der Waals surface area (Å²) in [4.78, 5) is 15.9. The van der Waals surface area contributed by atoms with E-state index in [-0.39, 0.29) is 5.91 Å². The molecule has 0 spiro atoms. The lowest BCUT2D eigenvalue weighted by Gasteiger charge is -2.04. The van der Waals surface area contributed by atoms with Gasteiger partial charge in [-0.2, -0.15) is 5.10 Å². The van der Waals surface area contributed by atoms with Crippen molar-refractivity contribution < 1.29 is 9.53 Å². The van der Waals surface area contributed by atoms with Gasteiger partial charge in [0, 0.05) is 21.9 Å². The highest BCUT2D eigenvalue weighted by atomic mass is 79.9. The van der Waals surface area contributed by atoms with Gasteiger partial charge in [-0.05, 0) is 37.3 Å². The summed E-state index contributed by atoms with van der Waals surface area (Å²) in [5.74, 6) is 0.362. The Balaban J connectivity index is 2.07. The van der Waals surface area contributed by atoms with Gasteiger partial charge in [-0.25, -0.2) is 5.43 Å². The van der Waals surface area contributed by atoms with Crippen molar-refractivity contribution in [3.63, 3.8) is 0 Å². The number of amides is 1. The predicted molar refractivity (Wildman–Crippen MR) is 84.7 cm³/mol. The SMILES string of the molecule is COc1ccc(Br)cc1/C=N/NC(=O)c1ccc(C)nc1. The number of ether oxygens (including phenoxy) is 1. The third-order valence-corrected chi connectivity index (χ3v) is 3.23. The molecule has 0 unspecified atom stereocenters. The highest BCUT2D eigenvalue weighted by molar-refractivity contribution is 9.10. The van der Waals surface area contributed by atoms with Crippen LogP contribution < -0.4 is 10.2 Å². The summed E-state index contributed by atoms with van der Waals surface area (Å²) in [6, 6.07) is 9.01. The second-order valence-electron chi connectivity index (χ2n) is 4.27. The van der Waals surface area contributed by atoms with Crippen molar-refractivity contribution in [1.82, 2.24) is 10.4 Å². The summed E-state index contributed by atoms with van der Waals surface area (Å²) in [6.45, 7) is 1.86. The smallest absolute Gasteiger partial charge is 0.272 e. The van der Waals surface area contributed by atoms with E-state index in [9.17, 15) is 4.79 Å². The second kappa shape index (κ2) is 6.99. The van der Waals surface area contributed by atoms with Gasteiger partial charge in [-0.15, -0.1) is 0 Å². The van der Waals surface area contributed by atoms with Crippen LogP contribution in [0, 0.1) is 6.92 Å². The third kappa shape index (κ3) is 4.13. The normalized spacial score (nSPS) is 10.6. The molecule has 2 rings (SSSR count). The Bertz CT molecular complexity index is 669. The van der Waals surface area contributed by atoms with Crippen LogP contribution in [0.3, 0.4) is 0 Å². The van der Waals surface area contributed by atoms with E-state index in [1.54, 1.807) is 19.2 Å². The summed E-state index contributed by atoms with van der Waals surface area (Å²) >= 11 is 3.38. The monoisotopic (exact) mass is 347 g/mol. The molecule has 108 valence electrons. The zero-order valence-electron chi connectivity index (χ0n) is 11.6. The van der Waals surface area contributed by atoms with Crippen LogP contribution in [0.5, 0.6) is 5.75 Å². The number of halogens is 1. The van der Waals surface area contributed by atoms with Crippen molar-refractivity contribution in [2.75, 3.05) is 7.11 Å². The van der Waals surface area contributed by atoms with Crippen molar-refractivity contribution in [2.24, 2.45) is 5.10 Å². The number of nitrogens with one attached hydrogen (secondary N) is 1. The van der Waals surface area contributed by atoms with Gasteiger partial charge in [0.05, 0.1) is 18.9 Å². The van der Waals surface area contributed by atoms with Crippen LogP contribution >= 0.6 is 15.9 Å². The minimum absolute atomic E-state index is 0.312. The molecule has 1 aromatic carbocycles. The van der Waals surface area contributed by atoms with Crippen LogP contribution in [-0.4, -0.2) is 24.2 Å². The summed E-state index contributed by atoms with van der Waals surface area (Å²) < 4.78 is 6.12. The minimum atomic E-state index is -0.312. The van der Waals surface area contributed by atoms with Crippen LogP contribution in [0.2, 0.25) is 0 Å². The van der Waals surface area contributed by atoms with E-state index in [2.05, 4.69) is 31.4 Å². The van der Waals surface area contributed by atoms with Crippen LogP contribution in [0.1, 0.15) is 21.6 Å². The molecule has 0 aliphatic carbocycles. The molecule has 0 radical (unpaired) electrons. The largest absolute Gasteiger partial charge is 0.496 e. The molecular weight excluding hydrogens is 334 g/mol. The van der Waals surface area contributed by atoms with Crippen LogP contribution in [0.15, 0.2) is 46.1 Å². The molecule has 0 aliphatic rings. The number of pyridine rings is 1. The number of carbonyl (C=O) groups excluding carboxylic acids is 1. The summed E-state index contributed by atoms with van der Waals surface area (Å²) in [6.07, 6.45) is 3.04. The van der Waals surface area contributed by atoms with Crippen molar-refractivity contribution in [3.05, 3.63) is 57.8 Å². The first kappa shape index (κ1) is 15.2. The molecule has 0 saturated carbocycles. The van der Waals surface area contributed by atoms with Gasteiger partial charge >= 0.3 is 0 Å². The van der Waals surface area contributed by atoms with Gasteiger partial charge < -0.3 is 4.74 Å². The fourth-order valence-corrected chi connectivity index (χ4v) is 2.01. The Morgan fingerprint density at radius 1 is 1.38 bits per heavy atom. The number of nitrogens with zero attached hydrogens (tertiary/aromatic N) is 2. The molecule has 1 amide bonds. The Morgan fingerprint density at radius 3 is 2.86 bits per heavy atom. The van der Waals surface area contributed by atoms with Crippen molar-refractivity contribution in [3.8, 4) is 5.75 Å². The van der Waals surface area contributed by atoms with E-state index in [4.69, 9.17) is 4.74 Å². The lowest BCUT2D eigenvalue weighted by molar-refractivity contribution is 0.0955. The topological polar surface area (TPSA) is 63.6 Å². The molecule has 1 aromatic heterocycles. The van der Waals surface area contributed by atoms with Crippen LogP contribution in [0.4, 0.5) is 0 Å². The Hall–Kier alpha value is -2.21. The van der Waals surface area contributed by atoms with E-state index in [1.165, 1.54) is 12.4 Å². The quantitative estimate of drug-likeness (QED) is 0.683. The lowest BCUT2D eigenvalue weighted by atomic mass is 10.2. The van der Waals surface area contributed by atoms with Gasteiger partial charge in [0.1, 0.15) is 5.75 Å². The maximum absolute atomic E-state index is 11.9. The average molecular weight is 348 g/mol. The van der Waals surface area contributed by atoms with E-state index in [0.717, 1.165) is 15.7 Å².